The lowest BCUT2D eigenvalue weighted by Gasteiger charge is -2.19. The standard InChI is InChI=1S/C16H18N2O2/c1-5-18-9-8-10-6-7-11-13(12(10)18)20-15(19)17-14(11)16(2,3)4/h6-9H,5H2,1-4H3. The van der Waals surface area contributed by atoms with Crippen molar-refractivity contribution in [3.63, 3.8) is 0 Å². The van der Waals surface area contributed by atoms with E-state index in [9.17, 15) is 4.79 Å². The second-order valence-electron chi connectivity index (χ2n) is 6.06. The molecule has 104 valence electrons. The molecule has 0 radical (unpaired) electrons. The average molecular weight is 270 g/mol. The van der Waals surface area contributed by atoms with Gasteiger partial charge in [-0.05, 0) is 19.1 Å². The molecular weight excluding hydrogens is 252 g/mol. The predicted molar refractivity (Wildman–Crippen MR) is 80.1 cm³/mol. The largest absolute Gasteiger partial charge is 0.439 e. The summed E-state index contributed by atoms with van der Waals surface area (Å²) in [4.78, 5) is 15.9. The number of hydrogen-bond acceptors (Lipinski definition) is 3. The van der Waals surface area contributed by atoms with Crippen LogP contribution in [0.4, 0.5) is 0 Å². The van der Waals surface area contributed by atoms with E-state index in [0.29, 0.717) is 5.58 Å². The third-order valence-electron chi connectivity index (χ3n) is 3.58. The molecule has 2 heterocycles. The van der Waals surface area contributed by atoms with Crippen molar-refractivity contribution in [2.24, 2.45) is 0 Å². The van der Waals surface area contributed by atoms with Gasteiger partial charge < -0.3 is 8.98 Å². The number of hydrogen-bond donors (Lipinski definition) is 0. The van der Waals surface area contributed by atoms with Gasteiger partial charge in [-0.2, -0.15) is 4.98 Å². The molecule has 0 saturated heterocycles. The Labute approximate surface area is 117 Å². The molecule has 2 aromatic heterocycles. The van der Waals surface area contributed by atoms with E-state index in [1.54, 1.807) is 0 Å². The van der Waals surface area contributed by atoms with E-state index in [1.165, 1.54) is 0 Å². The molecule has 0 atom stereocenters. The van der Waals surface area contributed by atoms with Crippen molar-refractivity contribution in [1.29, 1.82) is 0 Å². The SMILES string of the molecule is CCn1ccc2ccc3c(C(C)(C)C)nc(=O)oc3c21. The summed E-state index contributed by atoms with van der Waals surface area (Å²) in [5, 5.41) is 1.99. The van der Waals surface area contributed by atoms with Crippen molar-refractivity contribution < 1.29 is 4.42 Å². The lowest BCUT2D eigenvalue weighted by molar-refractivity contribution is 0.499. The average Bonchev–Trinajstić information content (AvgIpc) is 2.80. The molecule has 3 aromatic rings. The second kappa shape index (κ2) is 4.20. The summed E-state index contributed by atoms with van der Waals surface area (Å²) in [6, 6.07) is 6.09. The maximum Gasteiger partial charge on any atom is 0.439 e. The van der Waals surface area contributed by atoms with Gasteiger partial charge in [-0.3, -0.25) is 0 Å². The Kier molecular flexibility index (Phi) is 2.71. The van der Waals surface area contributed by atoms with Crippen LogP contribution in [0.3, 0.4) is 0 Å². The molecule has 4 heteroatoms. The van der Waals surface area contributed by atoms with Gasteiger partial charge in [0.2, 0.25) is 0 Å². The molecule has 0 fully saturated rings. The molecule has 1 aromatic carbocycles. The van der Waals surface area contributed by atoms with E-state index in [4.69, 9.17) is 4.42 Å². The highest BCUT2D eigenvalue weighted by Crippen LogP contribution is 2.31. The quantitative estimate of drug-likeness (QED) is 0.680. The summed E-state index contributed by atoms with van der Waals surface area (Å²) < 4.78 is 7.51. The number of aryl methyl sites for hydroxylation is 1. The summed E-state index contributed by atoms with van der Waals surface area (Å²) in [5.41, 5.74) is 2.19. The minimum absolute atomic E-state index is 0.203. The summed E-state index contributed by atoms with van der Waals surface area (Å²) >= 11 is 0. The molecule has 0 spiro atoms. The first-order valence-electron chi connectivity index (χ1n) is 6.85. The van der Waals surface area contributed by atoms with Gasteiger partial charge in [-0.25, -0.2) is 4.79 Å². The van der Waals surface area contributed by atoms with Crippen LogP contribution < -0.4 is 5.76 Å². The minimum atomic E-state index is -0.529. The maximum absolute atomic E-state index is 11.8. The van der Waals surface area contributed by atoms with Crippen molar-refractivity contribution in [2.75, 3.05) is 0 Å². The number of benzene rings is 1. The summed E-state index contributed by atoms with van der Waals surface area (Å²) in [7, 11) is 0. The first-order chi connectivity index (χ1) is 9.41. The fourth-order valence-electron chi connectivity index (χ4n) is 2.65. The van der Waals surface area contributed by atoms with Crippen LogP contribution in [0.25, 0.3) is 21.9 Å². The van der Waals surface area contributed by atoms with Gasteiger partial charge in [0.15, 0.2) is 5.58 Å². The van der Waals surface area contributed by atoms with Crippen LogP contribution in [-0.2, 0) is 12.0 Å². The van der Waals surface area contributed by atoms with E-state index in [0.717, 1.165) is 28.5 Å². The molecule has 3 rings (SSSR count). The highest BCUT2D eigenvalue weighted by molar-refractivity contribution is 6.03. The van der Waals surface area contributed by atoms with E-state index < -0.39 is 5.76 Å². The zero-order valence-electron chi connectivity index (χ0n) is 12.2. The van der Waals surface area contributed by atoms with Crippen molar-refractivity contribution >= 4 is 21.9 Å². The van der Waals surface area contributed by atoms with Crippen LogP contribution in [0.2, 0.25) is 0 Å². The molecule has 20 heavy (non-hydrogen) atoms. The maximum atomic E-state index is 11.8. The Morgan fingerprint density at radius 2 is 2.00 bits per heavy atom. The smallest absolute Gasteiger partial charge is 0.406 e. The van der Waals surface area contributed by atoms with E-state index in [-0.39, 0.29) is 5.41 Å². The second-order valence-corrected chi connectivity index (χ2v) is 6.06. The molecular formula is C16H18N2O2. The van der Waals surface area contributed by atoms with E-state index in [1.807, 2.05) is 18.3 Å². The molecule has 0 unspecified atom stereocenters. The Balaban J connectivity index is 2.55. The Morgan fingerprint density at radius 3 is 2.65 bits per heavy atom. The van der Waals surface area contributed by atoms with Gasteiger partial charge in [0.05, 0.1) is 11.2 Å². The van der Waals surface area contributed by atoms with Crippen LogP contribution >= 0.6 is 0 Å². The van der Waals surface area contributed by atoms with Crippen molar-refractivity contribution in [2.45, 2.75) is 39.7 Å². The van der Waals surface area contributed by atoms with Crippen molar-refractivity contribution in [3.05, 3.63) is 40.6 Å². The third-order valence-corrected chi connectivity index (χ3v) is 3.58. The Bertz CT molecular complexity index is 850. The minimum Gasteiger partial charge on any atom is -0.406 e. The molecule has 0 saturated carbocycles. The zero-order chi connectivity index (χ0) is 14.5. The van der Waals surface area contributed by atoms with E-state index >= 15 is 0 Å². The molecule has 0 N–H and O–H groups in total. The molecule has 0 aliphatic carbocycles. The molecule has 4 nitrogen and oxygen atoms in total. The Hall–Kier alpha value is -2.10. The summed E-state index contributed by atoms with van der Waals surface area (Å²) in [6.45, 7) is 9.06. The van der Waals surface area contributed by atoms with Gasteiger partial charge in [0, 0.05) is 28.9 Å². The van der Waals surface area contributed by atoms with Crippen LogP contribution in [-0.4, -0.2) is 9.55 Å². The highest BCUT2D eigenvalue weighted by atomic mass is 16.4. The Morgan fingerprint density at radius 1 is 1.25 bits per heavy atom. The topological polar surface area (TPSA) is 48.0 Å². The monoisotopic (exact) mass is 270 g/mol. The predicted octanol–water partition coefficient (Wildman–Crippen LogP) is 3.46. The third kappa shape index (κ3) is 1.83. The van der Waals surface area contributed by atoms with Gasteiger partial charge in [0.25, 0.3) is 0 Å². The first kappa shape index (κ1) is 12.9. The number of aromatic nitrogens is 2. The van der Waals surface area contributed by atoms with Gasteiger partial charge >= 0.3 is 5.76 Å². The summed E-state index contributed by atoms with van der Waals surface area (Å²) in [5.74, 6) is -0.529. The number of fused-ring (bicyclic) bond motifs is 3. The fourth-order valence-corrected chi connectivity index (χ4v) is 2.65. The fraction of sp³-hybridized carbons (Fsp3) is 0.375. The van der Waals surface area contributed by atoms with Crippen LogP contribution in [0.5, 0.6) is 0 Å². The van der Waals surface area contributed by atoms with Crippen molar-refractivity contribution in [3.8, 4) is 0 Å². The molecule has 0 amide bonds. The van der Waals surface area contributed by atoms with Gasteiger partial charge in [-0.15, -0.1) is 0 Å². The lowest BCUT2D eigenvalue weighted by atomic mass is 9.89. The highest BCUT2D eigenvalue weighted by Gasteiger charge is 2.22. The van der Waals surface area contributed by atoms with Crippen LogP contribution in [0, 0.1) is 0 Å². The lowest BCUT2D eigenvalue weighted by Crippen LogP contribution is -2.19. The van der Waals surface area contributed by atoms with Gasteiger partial charge in [0.1, 0.15) is 0 Å². The molecule has 0 bridgehead atoms. The van der Waals surface area contributed by atoms with Crippen molar-refractivity contribution in [1.82, 2.24) is 9.55 Å². The van der Waals surface area contributed by atoms with Crippen LogP contribution in [0.1, 0.15) is 33.4 Å². The molecule has 0 aliphatic rings. The number of rotatable bonds is 1. The normalized spacial score (nSPS) is 12.4. The number of nitrogens with zero attached hydrogens (tertiary/aromatic N) is 2. The zero-order valence-corrected chi connectivity index (χ0v) is 12.2. The van der Waals surface area contributed by atoms with Crippen LogP contribution in [0.15, 0.2) is 33.6 Å². The molecule has 0 aliphatic heterocycles. The van der Waals surface area contributed by atoms with Gasteiger partial charge in [-0.1, -0.05) is 26.8 Å². The van der Waals surface area contributed by atoms with E-state index in [2.05, 4.69) is 43.3 Å². The first-order valence-corrected chi connectivity index (χ1v) is 6.85. The summed E-state index contributed by atoms with van der Waals surface area (Å²) in [6.07, 6.45) is 2.02.